The van der Waals surface area contributed by atoms with Crippen molar-refractivity contribution in [2.75, 3.05) is 19.0 Å². The van der Waals surface area contributed by atoms with Crippen molar-refractivity contribution in [2.24, 2.45) is 0 Å². The van der Waals surface area contributed by atoms with E-state index in [0.29, 0.717) is 11.3 Å². The number of ether oxygens (including phenoxy) is 2. The van der Waals surface area contributed by atoms with E-state index < -0.39 is 28.8 Å². The van der Waals surface area contributed by atoms with E-state index in [1.165, 1.54) is 19.2 Å². The number of nitro groups is 1. The van der Waals surface area contributed by atoms with Crippen LogP contribution in [0.1, 0.15) is 25.0 Å². The summed E-state index contributed by atoms with van der Waals surface area (Å²) in [5.74, 6) is -1.07. The van der Waals surface area contributed by atoms with E-state index in [0.717, 1.165) is 5.56 Å². The van der Waals surface area contributed by atoms with Gasteiger partial charge in [-0.05, 0) is 31.9 Å². The summed E-state index contributed by atoms with van der Waals surface area (Å²) in [6.45, 7) is 4.57. The second-order valence-corrected chi connectivity index (χ2v) is 6.71. The summed E-state index contributed by atoms with van der Waals surface area (Å²) < 4.78 is 10.2. The third kappa shape index (κ3) is 4.64. The lowest BCUT2D eigenvalue weighted by molar-refractivity contribution is -0.385. The van der Waals surface area contributed by atoms with Gasteiger partial charge in [0, 0.05) is 17.8 Å². The maximum absolute atomic E-state index is 12.4. The Morgan fingerprint density at radius 2 is 1.82 bits per heavy atom. The maximum atomic E-state index is 12.4. The monoisotopic (exact) mass is 386 g/mol. The van der Waals surface area contributed by atoms with Crippen molar-refractivity contribution in [3.8, 4) is 5.75 Å². The molecular formula is C20H22N2O6. The van der Waals surface area contributed by atoms with Crippen LogP contribution < -0.4 is 10.1 Å². The van der Waals surface area contributed by atoms with Gasteiger partial charge in [-0.2, -0.15) is 0 Å². The van der Waals surface area contributed by atoms with Crippen molar-refractivity contribution >= 4 is 23.3 Å². The normalized spacial score (nSPS) is 10.9. The van der Waals surface area contributed by atoms with Crippen LogP contribution in [0.3, 0.4) is 0 Å². The van der Waals surface area contributed by atoms with Gasteiger partial charge in [0.1, 0.15) is 0 Å². The Bertz CT molecular complexity index is 893. The topological polar surface area (TPSA) is 108 Å². The number of nitro benzene ring substituents is 1. The van der Waals surface area contributed by atoms with Crippen LogP contribution in [0, 0.1) is 17.0 Å². The molecule has 0 aliphatic carbocycles. The highest BCUT2D eigenvalue weighted by Crippen LogP contribution is 2.32. The number of benzene rings is 2. The van der Waals surface area contributed by atoms with Gasteiger partial charge in [0.2, 0.25) is 0 Å². The van der Waals surface area contributed by atoms with Crippen molar-refractivity contribution < 1.29 is 24.0 Å². The number of esters is 1. The molecule has 0 fully saturated rings. The quantitative estimate of drug-likeness (QED) is 0.444. The summed E-state index contributed by atoms with van der Waals surface area (Å²) in [7, 11) is 1.30. The molecule has 0 saturated heterocycles. The molecule has 1 N–H and O–H groups in total. The smallest absolute Gasteiger partial charge is 0.316 e. The number of nitrogens with zero attached hydrogens (tertiary/aromatic N) is 1. The van der Waals surface area contributed by atoms with Crippen LogP contribution in [-0.4, -0.2) is 30.5 Å². The lowest BCUT2D eigenvalue weighted by atomic mass is 9.85. The first kappa shape index (κ1) is 20.9. The van der Waals surface area contributed by atoms with E-state index in [4.69, 9.17) is 9.47 Å². The van der Waals surface area contributed by atoms with Crippen molar-refractivity contribution in [1.29, 1.82) is 0 Å². The fourth-order valence-electron chi connectivity index (χ4n) is 2.58. The maximum Gasteiger partial charge on any atom is 0.316 e. The van der Waals surface area contributed by atoms with Crippen LogP contribution >= 0.6 is 0 Å². The van der Waals surface area contributed by atoms with E-state index in [-0.39, 0.29) is 11.4 Å². The molecule has 0 radical (unpaired) electrons. The highest BCUT2D eigenvalue weighted by molar-refractivity contribution is 5.94. The molecule has 0 heterocycles. The zero-order valence-corrected chi connectivity index (χ0v) is 16.1. The highest BCUT2D eigenvalue weighted by Gasteiger charge is 2.31. The van der Waals surface area contributed by atoms with Gasteiger partial charge in [0.15, 0.2) is 12.4 Å². The number of anilines is 1. The number of hydrogen-bond acceptors (Lipinski definition) is 6. The second kappa shape index (κ2) is 8.51. The zero-order valence-electron chi connectivity index (χ0n) is 16.1. The minimum atomic E-state index is -0.909. The lowest BCUT2D eigenvalue weighted by Gasteiger charge is -2.23. The predicted octanol–water partition coefficient (Wildman–Crippen LogP) is 3.37. The van der Waals surface area contributed by atoms with Crippen molar-refractivity contribution in [2.45, 2.75) is 26.2 Å². The molecule has 8 heteroatoms. The summed E-state index contributed by atoms with van der Waals surface area (Å²) in [6, 6.07) is 11.8. The molecule has 8 nitrogen and oxygen atoms in total. The fraction of sp³-hybridized carbons (Fsp3) is 0.300. The van der Waals surface area contributed by atoms with Crippen LogP contribution in [0.5, 0.6) is 5.75 Å². The molecular weight excluding hydrogens is 364 g/mol. The first-order valence-electron chi connectivity index (χ1n) is 8.52. The molecule has 0 aromatic heterocycles. The number of carbonyl (C=O) groups excluding carboxylic acids is 2. The number of amides is 1. The Morgan fingerprint density at radius 1 is 1.18 bits per heavy atom. The molecule has 0 spiro atoms. The summed E-state index contributed by atoms with van der Waals surface area (Å²) in [6.07, 6.45) is 0. The Kier molecular flexibility index (Phi) is 6.35. The summed E-state index contributed by atoms with van der Waals surface area (Å²) in [5.41, 5.74) is 0.488. The fourth-order valence-corrected chi connectivity index (χ4v) is 2.58. The second-order valence-electron chi connectivity index (χ2n) is 6.71. The number of rotatable bonds is 7. The predicted molar refractivity (Wildman–Crippen MR) is 103 cm³/mol. The number of hydrogen-bond donors (Lipinski definition) is 1. The molecule has 2 rings (SSSR count). The largest absolute Gasteiger partial charge is 0.490 e. The van der Waals surface area contributed by atoms with Gasteiger partial charge in [-0.1, -0.05) is 30.3 Å². The van der Waals surface area contributed by atoms with Crippen LogP contribution in [0.4, 0.5) is 11.4 Å². The molecule has 0 aliphatic rings. The number of aryl methyl sites for hydroxylation is 1. The molecule has 0 atom stereocenters. The van der Waals surface area contributed by atoms with Crippen molar-refractivity contribution in [3.05, 3.63) is 63.7 Å². The van der Waals surface area contributed by atoms with E-state index in [2.05, 4.69) is 5.32 Å². The molecule has 28 heavy (non-hydrogen) atoms. The molecule has 0 bridgehead atoms. The van der Waals surface area contributed by atoms with Gasteiger partial charge in [-0.25, -0.2) is 0 Å². The van der Waals surface area contributed by atoms with E-state index in [1.807, 2.05) is 30.3 Å². The summed E-state index contributed by atoms with van der Waals surface area (Å²) in [5, 5.41) is 13.6. The van der Waals surface area contributed by atoms with Gasteiger partial charge in [0.25, 0.3) is 5.91 Å². The van der Waals surface area contributed by atoms with Gasteiger partial charge >= 0.3 is 11.7 Å². The molecule has 2 aromatic rings. The molecule has 0 aliphatic heterocycles. The first-order valence-corrected chi connectivity index (χ1v) is 8.52. The average Bonchev–Trinajstić information content (AvgIpc) is 2.67. The number of methoxy groups -OCH3 is 1. The minimum absolute atomic E-state index is 0.0214. The lowest BCUT2D eigenvalue weighted by Crippen LogP contribution is -2.33. The van der Waals surface area contributed by atoms with Crippen LogP contribution in [0.25, 0.3) is 0 Å². The molecule has 1 amide bonds. The van der Waals surface area contributed by atoms with Crippen LogP contribution in [0.2, 0.25) is 0 Å². The van der Waals surface area contributed by atoms with E-state index in [9.17, 15) is 19.7 Å². The zero-order chi connectivity index (χ0) is 20.9. The standard InChI is InChI=1S/C20H22N2O6/c1-13-10-16(22(25)26)17(27-4)11-15(13)21-18(23)12-28-19(24)20(2,3)14-8-6-5-7-9-14/h5-11H,12H2,1-4H3,(H,21,23). The Hall–Kier alpha value is -3.42. The average molecular weight is 386 g/mol. The Morgan fingerprint density at radius 3 is 2.39 bits per heavy atom. The number of nitrogens with one attached hydrogen (secondary N) is 1. The SMILES string of the molecule is COc1cc(NC(=O)COC(=O)C(C)(C)c2ccccc2)c(C)cc1[N+](=O)[O-]. The number of carbonyl (C=O) groups is 2. The first-order chi connectivity index (χ1) is 13.2. The van der Waals surface area contributed by atoms with Gasteiger partial charge in [0.05, 0.1) is 17.4 Å². The Labute approximate surface area is 162 Å². The van der Waals surface area contributed by atoms with Crippen molar-refractivity contribution in [3.63, 3.8) is 0 Å². The summed E-state index contributed by atoms with van der Waals surface area (Å²) >= 11 is 0. The third-order valence-electron chi connectivity index (χ3n) is 4.34. The highest BCUT2D eigenvalue weighted by atomic mass is 16.6. The van der Waals surface area contributed by atoms with Crippen LogP contribution in [-0.2, 0) is 19.7 Å². The van der Waals surface area contributed by atoms with Gasteiger partial charge in [-0.3, -0.25) is 19.7 Å². The van der Waals surface area contributed by atoms with E-state index in [1.54, 1.807) is 20.8 Å². The van der Waals surface area contributed by atoms with Crippen molar-refractivity contribution in [1.82, 2.24) is 0 Å². The molecule has 0 unspecified atom stereocenters. The van der Waals surface area contributed by atoms with Crippen LogP contribution in [0.15, 0.2) is 42.5 Å². The van der Waals surface area contributed by atoms with Gasteiger partial charge < -0.3 is 14.8 Å². The summed E-state index contributed by atoms with van der Waals surface area (Å²) in [4.78, 5) is 35.1. The van der Waals surface area contributed by atoms with Gasteiger partial charge in [-0.15, -0.1) is 0 Å². The third-order valence-corrected chi connectivity index (χ3v) is 4.34. The Balaban J connectivity index is 2.05. The molecule has 148 valence electrons. The molecule has 2 aromatic carbocycles. The minimum Gasteiger partial charge on any atom is -0.490 e. The van der Waals surface area contributed by atoms with E-state index >= 15 is 0 Å². The molecule has 0 saturated carbocycles.